The van der Waals surface area contributed by atoms with Gasteiger partial charge in [-0.1, -0.05) is 31.5 Å². The number of carbonyl (C=O) groups excluding carboxylic acids is 2. The minimum atomic E-state index is -0.568. The number of aromatic nitrogens is 1. The van der Waals surface area contributed by atoms with E-state index >= 15 is 0 Å². The highest BCUT2D eigenvalue weighted by Crippen LogP contribution is 2.14. The average molecular weight is 312 g/mol. The van der Waals surface area contributed by atoms with Crippen LogP contribution in [-0.2, 0) is 11.2 Å². The fourth-order valence-electron chi connectivity index (χ4n) is 2.16. The van der Waals surface area contributed by atoms with Crippen LogP contribution >= 0.6 is 0 Å². The van der Waals surface area contributed by atoms with Crippen molar-refractivity contribution in [1.29, 1.82) is 0 Å². The van der Waals surface area contributed by atoms with E-state index in [1.165, 1.54) is 18.7 Å². The molecule has 0 radical (unpaired) electrons. The number of nitrogens with one attached hydrogen (secondary N) is 1. The van der Waals surface area contributed by atoms with E-state index in [0.717, 1.165) is 19.3 Å². The summed E-state index contributed by atoms with van der Waals surface area (Å²) in [5.74, 6) is -0.926. The van der Waals surface area contributed by atoms with Crippen LogP contribution in [0.2, 0.25) is 0 Å². The first-order valence-electron chi connectivity index (χ1n) is 7.59. The van der Waals surface area contributed by atoms with Crippen molar-refractivity contribution in [2.24, 2.45) is 0 Å². The van der Waals surface area contributed by atoms with E-state index in [9.17, 15) is 9.59 Å². The van der Waals surface area contributed by atoms with Gasteiger partial charge in [-0.05, 0) is 42.7 Å². The van der Waals surface area contributed by atoms with Gasteiger partial charge in [0.1, 0.15) is 11.4 Å². The van der Waals surface area contributed by atoms with Gasteiger partial charge in [-0.2, -0.15) is 0 Å². The van der Waals surface area contributed by atoms with Gasteiger partial charge in [0.25, 0.3) is 5.91 Å². The molecule has 0 atom stereocenters. The topological polar surface area (TPSA) is 68.3 Å². The number of anilines is 1. The molecule has 0 bridgehead atoms. The van der Waals surface area contributed by atoms with E-state index < -0.39 is 5.97 Å². The largest absolute Gasteiger partial charge is 0.464 e. The first-order chi connectivity index (χ1) is 11.1. The summed E-state index contributed by atoms with van der Waals surface area (Å²) in [4.78, 5) is 27.8. The summed E-state index contributed by atoms with van der Waals surface area (Å²) in [7, 11) is 1.28. The Bertz CT molecular complexity index is 698. The van der Waals surface area contributed by atoms with Crippen LogP contribution in [0, 0.1) is 0 Å². The highest BCUT2D eigenvalue weighted by Gasteiger charge is 2.12. The second-order valence-corrected chi connectivity index (χ2v) is 5.16. The monoisotopic (exact) mass is 312 g/mol. The van der Waals surface area contributed by atoms with Crippen molar-refractivity contribution in [3.05, 3.63) is 59.4 Å². The maximum Gasteiger partial charge on any atom is 0.356 e. The fraction of sp³-hybridized carbons (Fsp3) is 0.278. The molecule has 0 aliphatic rings. The van der Waals surface area contributed by atoms with Crippen molar-refractivity contribution < 1.29 is 14.3 Å². The third-order valence-electron chi connectivity index (χ3n) is 3.38. The van der Waals surface area contributed by atoms with Crippen LogP contribution in [0.4, 0.5) is 5.69 Å². The Morgan fingerprint density at radius 2 is 1.87 bits per heavy atom. The molecule has 0 saturated carbocycles. The summed E-state index contributed by atoms with van der Waals surface area (Å²) in [5, 5.41) is 2.81. The quantitative estimate of drug-likeness (QED) is 0.829. The van der Waals surface area contributed by atoms with E-state index in [4.69, 9.17) is 0 Å². The first kappa shape index (κ1) is 16.7. The Labute approximate surface area is 135 Å². The predicted octanol–water partition coefficient (Wildman–Crippen LogP) is 3.46. The fourth-order valence-corrected chi connectivity index (χ4v) is 2.16. The molecule has 5 nitrogen and oxygen atoms in total. The van der Waals surface area contributed by atoms with Crippen LogP contribution in [0.25, 0.3) is 0 Å². The molecule has 0 fully saturated rings. The number of benzene rings is 1. The van der Waals surface area contributed by atoms with Crippen LogP contribution in [0.1, 0.15) is 46.3 Å². The molecule has 0 aliphatic heterocycles. The summed E-state index contributed by atoms with van der Waals surface area (Å²) in [5.41, 5.74) is 2.18. The summed E-state index contributed by atoms with van der Waals surface area (Å²) >= 11 is 0. The molecule has 120 valence electrons. The first-order valence-corrected chi connectivity index (χ1v) is 7.59. The number of rotatable bonds is 6. The van der Waals surface area contributed by atoms with Gasteiger partial charge in [0.05, 0.1) is 7.11 Å². The van der Waals surface area contributed by atoms with Crippen LogP contribution in [-0.4, -0.2) is 24.0 Å². The third kappa shape index (κ3) is 4.64. The molecule has 2 aromatic rings. The van der Waals surface area contributed by atoms with Gasteiger partial charge >= 0.3 is 5.97 Å². The summed E-state index contributed by atoms with van der Waals surface area (Å²) in [6.45, 7) is 2.14. The van der Waals surface area contributed by atoms with Crippen molar-refractivity contribution >= 4 is 17.6 Å². The zero-order chi connectivity index (χ0) is 16.7. The summed E-state index contributed by atoms with van der Waals surface area (Å²) in [6.07, 6.45) is 3.22. The molecule has 5 heteroatoms. The van der Waals surface area contributed by atoms with Crippen molar-refractivity contribution in [2.45, 2.75) is 26.2 Å². The number of aryl methyl sites for hydroxylation is 1. The Kier molecular flexibility index (Phi) is 5.86. The minimum Gasteiger partial charge on any atom is -0.464 e. The Morgan fingerprint density at radius 3 is 2.61 bits per heavy atom. The van der Waals surface area contributed by atoms with Crippen LogP contribution in [0.5, 0.6) is 0 Å². The number of amides is 1. The number of nitrogens with zero attached hydrogens (tertiary/aromatic N) is 1. The normalized spacial score (nSPS) is 10.2. The van der Waals surface area contributed by atoms with Crippen LogP contribution in [0.15, 0.2) is 42.5 Å². The third-order valence-corrected chi connectivity index (χ3v) is 3.38. The standard InChI is InChI=1S/C18H20N2O3/c1-3-4-7-13-8-5-9-14(12-13)19-17(21)15-10-6-11-16(20-15)18(22)23-2/h5-6,8-12H,3-4,7H2,1-2H3,(H,19,21). The lowest BCUT2D eigenvalue weighted by molar-refractivity contribution is 0.0594. The lowest BCUT2D eigenvalue weighted by atomic mass is 10.1. The van der Waals surface area contributed by atoms with Crippen molar-refractivity contribution in [3.63, 3.8) is 0 Å². The zero-order valence-corrected chi connectivity index (χ0v) is 13.3. The molecule has 1 aromatic carbocycles. The van der Waals surface area contributed by atoms with E-state index in [1.54, 1.807) is 12.1 Å². The Morgan fingerprint density at radius 1 is 1.13 bits per heavy atom. The number of ether oxygens (including phenoxy) is 1. The maximum absolute atomic E-state index is 12.3. The molecule has 0 saturated heterocycles. The maximum atomic E-state index is 12.3. The second kappa shape index (κ2) is 8.08. The molecule has 2 rings (SSSR count). The van der Waals surface area contributed by atoms with Crippen LogP contribution in [0.3, 0.4) is 0 Å². The van der Waals surface area contributed by atoms with E-state index in [-0.39, 0.29) is 17.3 Å². The van der Waals surface area contributed by atoms with Gasteiger partial charge in [0.15, 0.2) is 0 Å². The van der Waals surface area contributed by atoms with E-state index in [2.05, 4.69) is 22.0 Å². The Balaban J connectivity index is 2.11. The molecular weight excluding hydrogens is 292 g/mol. The molecule has 1 heterocycles. The number of methoxy groups -OCH3 is 1. The molecule has 1 amide bonds. The second-order valence-electron chi connectivity index (χ2n) is 5.16. The average Bonchev–Trinajstić information content (AvgIpc) is 2.59. The molecule has 1 aromatic heterocycles. The molecular formula is C18H20N2O3. The lowest BCUT2D eigenvalue weighted by Gasteiger charge is -2.08. The number of pyridine rings is 1. The minimum absolute atomic E-state index is 0.108. The zero-order valence-electron chi connectivity index (χ0n) is 13.3. The van der Waals surface area contributed by atoms with Gasteiger partial charge in [-0.3, -0.25) is 4.79 Å². The molecule has 23 heavy (non-hydrogen) atoms. The van der Waals surface area contributed by atoms with Gasteiger partial charge in [-0.25, -0.2) is 9.78 Å². The number of hydrogen-bond donors (Lipinski definition) is 1. The van der Waals surface area contributed by atoms with Crippen molar-refractivity contribution in [3.8, 4) is 0 Å². The molecule has 1 N–H and O–H groups in total. The summed E-state index contributed by atoms with van der Waals surface area (Å²) in [6, 6.07) is 12.4. The number of unbranched alkanes of at least 4 members (excludes halogenated alkanes) is 1. The Hall–Kier alpha value is -2.69. The van der Waals surface area contributed by atoms with Crippen LogP contribution < -0.4 is 5.32 Å². The molecule has 0 spiro atoms. The highest BCUT2D eigenvalue weighted by atomic mass is 16.5. The number of esters is 1. The van der Waals surface area contributed by atoms with Crippen molar-refractivity contribution in [1.82, 2.24) is 4.98 Å². The van der Waals surface area contributed by atoms with Gasteiger partial charge in [-0.15, -0.1) is 0 Å². The highest BCUT2D eigenvalue weighted by molar-refractivity contribution is 6.03. The van der Waals surface area contributed by atoms with Crippen molar-refractivity contribution in [2.75, 3.05) is 12.4 Å². The van der Waals surface area contributed by atoms with Gasteiger partial charge < -0.3 is 10.1 Å². The van der Waals surface area contributed by atoms with Gasteiger partial charge in [0, 0.05) is 5.69 Å². The van der Waals surface area contributed by atoms with E-state index in [1.807, 2.05) is 24.3 Å². The number of hydrogen-bond acceptors (Lipinski definition) is 4. The summed E-state index contributed by atoms with van der Waals surface area (Å²) < 4.78 is 4.61. The smallest absolute Gasteiger partial charge is 0.356 e. The number of carbonyl (C=O) groups is 2. The SMILES string of the molecule is CCCCc1cccc(NC(=O)c2cccc(C(=O)OC)n2)c1. The molecule has 0 aliphatic carbocycles. The predicted molar refractivity (Wildman–Crippen MR) is 88.6 cm³/mol. The van der Waals surface area contributed by atoms with Gasteiger partial charge in [0.2, 0.25) is 0 Å². The lowest BCUT2D eigenvalue weighted by Crippen LogP contribution is -2.16. The van der Waals surface area contributed by atoms with E-state index in [0.29, 0.717) is 5.69 Å². The molecule has 0 unspecified atom stereocenters.